The molecule has 4 aliphatic rings. The molecule has 0 aliphatic carbocycles. The van der Waals surface area contributed by atoms with Crippen LogP contribution < -0.4 is 4.74 Å². The second kappa shape index (κ2) is 6.16. The number of piperidine rings is 2. The van der Waals surface area contributed by atoms with Gasteiger partial charge in [0, 0.05) is 26.2 Å². The number of ether oxygens (including phenoxy) is 1. The fourth-order valence-corrected chi connectivity index (χ4v) is 5.73. The smallest absolute Gasteiger partial charge is 0.154 e. The lowest BCUT2D eigenvalue weighted by Gasteiger charge is -2.65. The molecule has 6 rings (SSSR count). The van der Waals surface area contributed by atoms with Crippen LogP contribution in [0.25, 0.3) is 0 Å². The number of ketones is 1. The van der Waals surface area contributed by atoms with Gasteiger partial charge in [-0.25, -0.2) is 0 Å². The Kier molecular flexibility index (Phi) is 3.94. The van der Waals surface area contributed by atoms with Gasteiger partial charge < -0.3 is 4.74 Å². The number of Topliss-reactive ketones (excluding diaryl/α,β-unsaturated/α-hetero) is 1. The number of benzene rings is 2. The van der Waals surface area contributed by atoms with E-state index in [1.165, 1.54) is 11.1 Å². The minimum Gasteiger partial charge on any atom is -0.491 e. The van der Waals surface area contributed by atoms with Crippen molar-refractivity contribution in [2.45, 2.75) is 38.5 Å². The molecule has 4 heteroatoms. The van der Waals surface area contributed by atoms with Crippen LogP contribution in [0.15, 0.2) is 54.6 Å². The van der Waals surface area contributed by atoms with E-state index in [9.17, 15) is 4.79 Å². The zero-order valence-corrected chi connectivity index (χ0v) is 16.9. The summed E-state index contributed by atoms with van der Waals surface area (Å²) in [5, 5.41) is 0. The first kappa shape index (κ1) is 17.9. The fourth-order valence-electron chi connectivity index (χ4n) is 5.73. The van der Waals surface area contributed by atoms with Gasteiger partial charge in [0.1, 0.15) is 5.75 Å². The molecule has 4 fully saturated rings. The Bertz CT molecular complexity index is 875. The molecule has 4 nitrogen and oxygen atoms in total. The Morgan fingerprint density at radius 1 is 0.929 bits per heavy atom. The third-order valence-corrected chi connectivity index (χ3v) is 6.60. The molecule has 2 aromatic carbocycles. The molecule has 4 bridgehead atoms. The number of carbonyl (C=O) groups excluding carboxylic acids is 1. The Morgan fingerprint density at radius 3 is 2.11 bits per heavy atom. The van der Waals surface area contributed by atoms with Crippen molar-refractivity contribution in [2.24, 2.45) is 5.41 Å². The van der Waals surface area contributed by atoms with Crippen LogP contribution in [0.5, 0.6) is 5.75 Å². The molecular weight excluding hydrogens is 348 g/mol. The van der Waals surface area contributed by atoms with Gasteiger partial charge in [-0.1, -0.05) is 49.4 Å². The highest BCUT2D eigenvalue weighted by atomic mass is 16.5. The van der Waals surface area contributed by atoms with E-state index in [0.717, 1.165) is 31.9 Å². The van der Waals surface area contributed by atoms with Crippen LogP contribution in [0.1, 0.15) is 38.1 Å². The average Bonchev–Trinajstić information content (AvgIpc) is 2.66. The molecule has 2 aromatic rings. The summed E-state index contributed by atoms with van der Waals surface area (Å²) in [4.78, 5) is 18.6. The van der Waals surface area contributed by atoms with E-state index in [1.54, 1.807) is 0 Å². The van der Waals surface area contributed by atoms with Crippen LogP contribution in [0.2, 0.25) is 0 Å². The maximum absolute atomic E-state index is 13.5. The SMILES string of the molecule is CC(C)Oc1ccc(C2N3CC4(C)CN2CC(c2ccccc2)(C3)C4=O)cc1. The molecule has 2 atom stereocenters. The molecule has 4 heterocycles. The van der Waals surface area contributed by atoms with Crippen LogP contribution in [0, 0.1) is 5.41 Å². The third-order valence-electron chi connectivity index (χ3n) is 6.60. The van der Waals surface area contributed by atoms with Crippen molar-refractivity contribution < 1.29 is 9.53 Å². The maximum atomic E-state index is 13.5. The van der Waals surface area contributed by atoms with E-state index in [2.05, 4.69) is 65.3 Å². The van der Waals surface area contributed by atoms with Crippen molar-refractivity contribution in [1.29, 1.82) is 0 Å². The third kappa shape index (κ3) is 2.55. The monoisotopic (exact) mass is 376 g/mol. The quantitative estimate of drug-likeness (QED) is 0.816. The summed E-state index contributed by atoms with van der Waals surface area (Å²) in [6.45, 7) is 9.53. The summed E-state index contributed by atoms with van der Waals surface area (Å²) in [5.74, 6) is 1.34. The van der Waals surface area contributed by atoms with Crippen LogP contribution in [-0.4, -0.2) is 47.9 Å². The molecule has 0 saturated carbocycles. The number of nitrogens with zero attached hydrogens (tertiary/aromatic N) is 2. The normalized spacial score (nSPS) is 36.1. The van der Waals surface area contributed by atoms with Crippen molar-refractivity contribution in [2.75, 3.05) is 26.2 Å². The Hall–Kier alpha value is -2.17. The largest absolute Gasteiger partial charge is 0.491 e. The van der Waals surface area contributed by atoms with Crippen molar-refractivity contribution in [1.82, 2.24) is 9.80 Å². The zero-order valence-electron chi connectivity index (χ0n) is 16.9. The standard InChI is InChI=1S/C24H28N2O2/c1-17(2)28-20-11-9-18(10-12-20)21-25-13-23(3)14-26(21)16-24(15-25,22(23)27)19-7-5-4-6-8-19/h4-12,17,21H,13-16H2,1-3H3. The van der Waals surface area contributed by atoms with Gasteiger partial charge in [0.15, 0.2) is 5.78 Å². The Balaban J connectivity index is 1.49. The van der Waals surface area contributed by atoms with Crippen LogP contribution in [0.3, 0.4) is 0 Å². The van der Waals surface area contributed by atoms with Crippen LogP contribution in [0.4, 0.5) is 0 Å². The lowest BCUT2D eigenvalue weighted by Crippen LogP contribution is -2.77. The van der Waals surface area contributed by atoms with Crippen LogP contribution in [-0.2, 0) is 10.2 Å². The van der Waals surface area contributed by atoms with Gasteiger partial charge in [0.25, 0.3) is 0 Å². The molecule has 4 aliphatic heterocycles. The molecule has 0 aromatic heterocycles. The fraction of sp³-hybridized carbons (Fsp3) is 0.458. The van der Waals surface area contributed by atoms with Gasteiger partial charge in [-0.15, -0.1) is 0 Å². The number of hydrogen-bond acceptors (Lipinski definition) is 4. The first-order chi connectivity index (χ1) is 13.4. The van der Waals surface area contributed by atoms with Crippen molar-refractivity contribution in [3.05, 3.63) is 65.7 Å². The first-order valence-corrected chi connectivity index (χ1v) is 10.3. The summed E-state index contributed by atoms with van der Waals surface area (Å²) in [7, 11) is 0. The molecule has 146 valence electrons. The van der Waals surface area contributed by atoms with Crippen molar-refractivity contribution in [3.8, 4) is 5.75 Å². The number of carbonyl (C=O) groups is 1. The highest BCUT2D eigenvalue weighted by molar-refractivity contribution is 5.97. The highest BCUT2D eigenvalue weighted by Crippen LogP contribution is 2.53. The van der Waals surface area contributed by atoms with Gasteiger partial charge in [0.05, 0.1) is 23.1 Å². The van der Waals surface area contributed by atoms with E-state index in [4.69, 9.17) is 4.74 Å². The predicted octanol–water partition coefficient (Wildman–Crippen LogP) is 3.63. The van der Waals surface area contributed by atoms with E-state index >= 15 is 0 Å². The van der Waals surface area contributed by atoms with Gasteiger partial charge in [0.2, 0.25) is 0 Å². The Labute approximate surface area is 167 Å². The molecule has 0 N–H and O–H groups in total. The lowest BCUT2D eigenvalue weighted by atomic mass is 9.58. The lowest BCUT2D eigenvalue weighted by molar-refractivity contribution is -0.185. The second-order valence-electron chi connectivity index (χ2n) is 9.26. The van der Waals surface area contributed by atoms with E-state index < -0.39 is 5.41 Å². The first-order valence-electron chi connectivity index (χ1n) is 10.3. The molecule has 2 unspecified atom stereocenters. The summed E-state index contributed by atoms with van der Waals surface area (Å²) in [6.07, 6.45) is 0.419. The minimum absolute atomic E-state index is 0.177. The topological polar surface area (TPSA) is 32.8 Å². The number of hydrogen-bond donors (Lipinski definition) is 0. The Morgan fingerprint density at radius 2 is 1.54 bits per heavy atom. The maximum Gasteiger partial charge on any atom is 0.154 e. The number of rotatable bonds is 4. The summed E-state index contributed by atoms with van der Waals surface area (Å²) in [5.41, 5.74) is 1.77. The average molecular weight is 377 g/mol. The van der Waals surface area contributed by atoms with E-state index in [0.29, 0.717) is 5.78 Å². The molecule has 0 radical (unpaired) electrons. The zero-order chi connectivity index (χ0) is 19.5. The van der Waals surface area contributed by atoms with Gasteiger partial charge in [-0.2, -0.15) is 0 Å². The van der Waals surface area contributed by atoms with E-state index in [1.807, 2.05) is 19.9 Å². The molecule has 0 spiro atoms. The minimum atomic E-state index is -0.399. The van der Waals surface area contributed by atoms with Gasteiger partial charge in [-0.3, -0.25) is 14.6 Å². The van der Waals surface area contributed by atoms with Gasteiger partial charge >= 0.3 is 0 Å². The van der Waals surface area contributed by atoms with Gasteiger partial charge in [-0.05, 0) is 37.1 Å². The van der Waals surface area contributed by atoms with Crippen molar-refractivity contribution >= 4 is 5.78 Å². The highest BCUT2D eigenvalue weighted by Gasteiger charge is 2.64. The molecule has 0 amide bonds. The van der Waals surface area contributed by atoms with Crippen molar-refractivity contribution in [3.63, 3.8) is 0 Å². The molecule has 4 saturated heterocycles. The summed E-state index contributed by atoms with van der Waals surface area (Å²) in [6, 6.07) is 18.9. The summed E-state index contributed by atoms with van der Waals surface area (Å²) < 4.78 is 5.81. The summed E-state index contributed by atoms with van der Waals surface area (Å²) >= 11 is 0. The van der Waals surface area contributed by atoms with E-state index in [-0.39, 0.29) is 17.7 Å². The second-order valence-corrected chi connectivity index (χ2v) is 9.26. The van der Waals surface area contributed by atoms with Crippen LogP contribution >= 0.6 is 0 Å². The predicted molar refractivity (Wildman–Crippen MR) is 109 cm³/mol. The molecular formula is C24H28N2O2. The molecule has 28 heavy (non-hydrogen) atoms.